The monoisotopic (exact) mass is 243 g/mol. The number of hydrogen-bond donors (Lipinski definition) is 3. The number of amides is 1. The van der Waals surface area contributed by atoms with Gasteiger partial charge in [-0.15, -0.1) is 0 Å². The summed E-state index contributed by atoms with van der Waals surface area (Å²) in [5.74, 6) is -1.62. The minimum Gasteiger partial charge on any atom is -0.481 e. The minimum absolute atomic E-state index is 0.153. The summed E-state index contributed by atoms with van der Waals surface area (Å²) in [7, 11) is 0. The molecule has 0 aliphatic heterocycles. The van der Waals surface area contributed by atoms with Gasteiger partial charge in [-0.1, -0.05) is 0 Å². The number of aliphatic hydroxyl groups is 1. The summed E-state index contributed by atoms with van der Waals surface area (Å²) in [6, 6.07) is 0. The van der Waals surface area contributed by atoms with Crippen molar-refractivity contribution < 1.29 is 19.8 Å². The molecule has 1 aliphatic rings. The van der Waals surface area contributed by atoms with Crippen molar-refractivity contribution in [1.82, 2.24) is 5.32 Å². The zero-order valence-electron chi connectivity index (χ0n) is 10.6. The van der Waals surface area contributed by atoms with Crippen molar-refractivity contribution >= 4 is 11.9 Å². The van der Waals surface area contributed by atoms with Crippen LogP contribution in [0.2, 0.25) is 0 Å². The van der Waals surface area contributed by atoms with Crippen molar-refractivity contribution in [2.45, 2.75) is 51.7 Å². The largest absolute Gasteiger partial charge is 0.481 e. The molecule has 5 heteroatoms. The highest BCUT2D eigenvalue weighted by molar-refractivity contribution is 5.81. The van der Waals surface area contributed by atoms with E-state index >= 15 is 0 Å². The Kier molecular flexibility index (Phi) is 4.14. The Morgan fingerprint density at radius 2 is 1.82 bits per heavy atom. The highest BCUT2D eigenvalue weighted by Crippen LogP contribution is 2.31. The van der Waals surface area contributed by atoms with Crippen molar-refractivity contribution in [1.29, 1.82) is 0 Å². The van der Waals surface area contributed by atoms with E-state index in [1.807, 2.05) is 0 Å². The van der Waals surface area contributed by atoms with Gasteiger partial charge in [0.15, 0.2) is 0 Å². The smallest absolute Gasteiger partial charge is 0.306 e. The van der Waals surface area contributed by atoms with Gasteiger partial charge in [-0.2, -0.15) is 0 Å². The van der Waals surface area contributed by atoms with Gasteiger partial charge < -0.3 is 15.5 Å². The van der Waals surface area contributed by atoms with Crippen LogP contribution < -0.4 is 5.32 Å². The van der Waals surface area contributed by atoms with Crippen LogP contribution in [-0.2, 0) is 9.59 Å². The van der Waals surface area contributed by atoms with Gasteiger partial charge in [0.1, 0.15) is 0 Å². The molecule has 3 N–H and O–H groups in total. The van der Waals surface area contributed by atoms with Crippen molar-refractivity contribution in [3.63, 3.8) is 0 Å². The molecule has 1 fully saturated rings. The van der Waals surface area contributed by atoms with E-state index in [4.69, 9.17) is 5.11 Å². The third-order valence-corrected chi connectivity index (χ3v) is 3.64. The van der Waals surface area contributed by atoms with Gasteiger partial charge in [-0.25, -0.2) is 0 Å². The number of aliphatic carboxylic acids is 1. The first-order chi connectivity index (χ1) is 7.74. The quantitative estimate of drug-likeness (QED) is 0.680. The second kappa shape index (κ2) is 5.04. The topological polar surface area (TPSA) is 86.6 Å². The molecule has 0 aromatic carbocycles. The molecule has 5 nitrogen and oxygen atoms in total. The van der Waals surface area contributed by atoms with Crippen LogP contribution in [0.4, 0.5) is 0 Å². The molecule has 3 atom stereocenters. The first kappa shape index (κ1) is 14.0. The van der Waals surface area contributed by atoms with E-state index < -0.39 is 23.5 Å². The average Bonchev–Trinajstić information content (AvgIpc) is 2.65. The third-order valence-electron chi connectivity index (χ3n) is 3.64. The van der Waals surface area contributed by atoms with Gasteiger partial charge in [0.2, 0.25) is 5.91 Å². The summed E-state index contributed by atoms with van der Waals surface area (Å²) < 4.78 is 0. The summed E-state index contributed by atoms with van der Waals surface area (Å²) in [6.45, 7) is 5.12. The Morgan fingerprint density at radius 1 is 1.29 bits per heavy atom. The molecule has 1 saturated carbocycles. The number of carbonyl (C=O) groups excluding carboxylic acids is 1. The Balaban J connectivity index is 2.53. The van der Waals surface area contributed by atoms with Gasteiger partial charge in [0.05, 0.1) is 17.6 Å². The Morgan fingerprint density at radius 3 is 2.24 bits per heavy atom. The maximum Gasteiger partial charge on any atom is 0.306 e. The lowest BCUT2D eigenvalue weighted by molar-refractivity contribution is -0.141. The van der Waals surface area contributed by atoms with E-state index in [9.17, 15) is 14.7 Å². The second-order valence-electron chi connectivity index (χ2n) is 5.43. The number of carbonyl (C=O) groups is 2. The van der Waals surface area contributed by atoms with Gasteiger partial charge in [-0.05, 0) is 40.0 Å². The van der Waals surface area contributed by atoms with Crippen molar-refractivity contribution in [3.8, 4) is 0 Å². The number of aliphatic hydroxyl groups excluding tert-OH is 1. The lowest BCUT2D eigenvalue weighted by atomic mass is 9.96. The van der Waals surface area contributed by atoms with Crippen LogP contribution in [0, 0.1) is 11.8 Å². The molecule has 1 amide bonds. The Labute approximate surface area is 101 Å². The normalized spacial score (nSPS) is 26.6. The zero-order valence-corrected chi connectivity index (χ0v) is 10.6. The van der Waals surface area contributed by atoms with E-state index in [-0.39, 0.29) is 11.8 Å². The zero-order chi connectivity index (χ0) is 13.2. The predicted molar refractivity (Wildman–Crippen MR) is 62.4 cm³/mol. The molecule has 0 spiro atoms. The third kappa shape index (κ3) is 3.43. The highest BCUT2D eigenvalue weighted by Gasteiger charge is 2.36. The average molecular weight is 243 g/mol. The van der Waals surface area contributed by atoms with Crippen molar-refractivity contribution in [2.75, 3.05) is 0 Å². The molecular weight excluding hydrogens is 222 g/mol. The fourth-order valence-electron chi connectivity index (χ4n) is 1.97. The molecule has 0 saturated heterocycles. The molecule has 0 aromatic heterocycles. The van der Waals surface area contributed by atoms with Crippen LogP contribution in [-0.4, -0.2) is 33.7 Å². The number of nitrogens with one attached hydrogen (secondary N) is 1. The summed E-state index contributed by atoms with van der Waals surface area (Å²) in [6.07, 6.45) is 0.918. The van der Waals surface area contributed by atoms with Crippen LogP contribution in [0.3, 0.4) is 0 Å². The molecule has 0 bridgehead atoms. The number of hydrogen-bond acceptors (Lipinski definition) is 3. The predicted octanol–water partition coefficient (Wildman–Crippen LogP) is 0.763. The van der Waals surface area contributed by atoms with E-state index in [0.717, 1.165) is 0 Å². The fraction of sp³-hybridized carbons (Fsp3) is 0.833. The van der Waals surface area contributed by atoms with Gasteiger partial charge in [0.25, 0.3) is 0 Å². The molecule has 0 aromatic rings. The molecule has 1 aliphatic carbocycles. The van der Waals surface area contributed by atoms with Gasteiger partial charge >= 0.3 is 5.97 Å². The molecule has 1 unspecified atom stereocenters. The molecule has 0 radical (unpaired) electrons. The van der Waals surface area contributed by atoms with E-state index in [2.05, 4.69) is 5.32 Å². The minimum atomic E-state index is -0.824. The van der Waals surface area contributed by atoms with Crippen LogP contribution in [0.25, 0.3) is 0 Å². The molecule has 98 valence electrons. The van der Waals surface area contributed by atoms with Crippen LogP contribution >= 0.6 is 0 Å². The molecule has 17 heavy (non-hydrogen) atoms. The van der Waals surface area contributed by atoms with E-state index in [0.29, 0.717) is 19.3 Å². The molecule has 0 heterocycles. The fourth-order valence-corrected chi connectivity index (χ4v) is 1.97. The SMILES string of the molecule is CC(O)C(C)(C)NC(=O)[C@@H]1CC[C@H](C(=O)O)C1. The van der Waals surface area contributed by atoms with Crippen LogP contribution in [0.1, 0.15) is 40.0 Å². The first-order valence-electron chi connectivity index (χ1n) is 5.97. The summed E-state index contributed by atoms with van der Waals surface area (Å²) >= 11 is 0. The summed E-state index contributed by atoms with van der Waals surface area (Å²) in [5.41, 5.74) is -0.682. The second-order valence-corrected chi connectivity index (χ2v) is 5.43. The van der Waals surface area contributed by atoms with Crippen LogP contribution in [0.5, 0.6) is 0 Å². The maximum atomic E-state index is 11.9. The molecular formula is C12H21NO4. The Hall–Kier alpha value is -1.10. The maximum absolute atomic E-state index is 11.9. The van der Waals surface area contributed by atoms with E-state index in [1.54, 1.807) is 20.8 Å². The van der Waals surface area contributed by atoms with Gasteiger partial charge in [0, 0.05) is 5.92 Å². The Bertz CT molecular complexity index is 312. The number of rotatable bonds is 4. The summed E-state index contributed by atoms with van der Waals surface area (Å²) in [5, 5.41) is 21.1. The lowest BCUT2D eigenvalue weighted by Crippen LogP contribution is -2.52. The van der Waals surface area contributed by atoms with Crippen molar-refractivity contribution in [3.05, 3.63) is 0 Å². The van der Waals surface area contributed by atoms with E-state index in [1.165, 1.54) is 0 Å². The van der Waals surface area contributed by atoms with Crippen LogP contribution in [0.15, 0.2) is 0 Å². The highest BCUT2D eigenvalue weighted by atomic mass is 16.4. The first-order valence-corrected chi connectivity index (χ1v) is 5.97. The number of carboxylic acid groups (broad SMARTS) is 1. The molecule has 1 rings (SSSR count). The lowest BCUT2D eigenvalue weighted by Gasteiger charge is -2.30. The standard InChI is InChI=1S/C12H21NO4/c1-7(14)12(2,3)13-10(15)8-4-5-9(6-8)11(16)17/h7-9,14H,4-6H2,1-3H3,(H,13,15)(H,16,17)/t7?,8-,9+/m1/s1. The van der Waals surface area contributed by atoms with Crippen molar-refractivity contribution in [2.24, 2.45) is 11.8 Å². The van der Waals surface area contributed by atoms with Gasteiger partial charge in [-0.3, -0.25) is 9.59 Å². The number of carboxylic acids is 1. The summed E-state index contributed by atoms with van der Waals surface area (Å²) in [4.78, 5) is 22.7.